The van der Waals surface area contributed by atoms with Crippen LogP contribution in [0.5, 0.6) is 0 Å². The van der Waals surface area contributed by atoms with Crippen molar-refractivity contribution >= 4 is 29.1 Å². The Labute approximate surface area is 139 Å². The van der Waals surface area contributed by atoms with Crippen molar-refractivity contribution in [2.75, 3.05) is 0 Å². The van der Waals surface area contributed by atoms with E-state index in [4.69, 9.17) is 27.6 Å². The molecular weight excluding hydrogens is 325 g/mol. The van der Waals surface area contributed by atoms with Gasteiger partial charge in [0.1, 0.15) is 11.9 Å². The second-order valence-electron chi connectivity index (χ2n) is 5.15. The molecule has 2 atom stereocenters. The molecule has 118 valence electrons. The van der Waals surface area contributed by atoms with E-state index in [0.717, 1.165) is 0 Å². The van der Waals surface area contributed by atoms with Crippen LogP contribution in [0.3, 0.4) is 0 Å². The van der Waals surface area contributed by atoms with Crippen LogP contribution in [0.25, 0.3) is 0 Å². The van der Waals surface area contributed by atoms with E-state index in [0.29, 0.717) is 27.8 Å². The molecule has 2 rings (SSSR count). The van der Waals surface area contributed by atoms with Gasteiger partial charge in [-0.3, -0.25) is 4.79 Å². The van der Waals surface area contributed by atoms with Crippen LogP contribution in [0.2, 0.25) is 10.0 Å². The topological polar surface area (TPSA) is 62.5 Å². The summed E-state index contributed by atoms with van der Waals surface area (Å²) in [5.74, 6) is 0.308. The molecule has 1 aromatic heterocycles. The number of furan rings is 1. The molecule has 6 heteroatoms. The Hall–Kier alpha value is -1.49. The van der Waals surface area contributed by atoms with Gasteiger partial charge < -0.3 is 14.8 Å². The third-order valence-electron chi connectivity index (χ3n) is 3.21. The average Bonchev–Trinajstić information content (AvgIpc) is 2.96. The Morgan fingerprint density at radius 1 is 1.36 bits per heavy atom. The molecule has 0 spiro atoms. The fourth-order valence-corrected chi connectivity index (χ4v) is 2.55. The van der Waals surface area contributed by atoms with Crippen molar-refractivity contribution in [2.24, 2.45) is 0 Å². The first kappa shape index (κ1) is 16.9. The van der Waals surface area contributed by atoms with Crippen molar-refractivity contribution < 1.29 is 14.3 Å². The van der Waals surface area contributed by atoms with Crippen LogP contribution in [0.15, 0.2) is 41.0 Å². The third-order valence-corrected chi connectivity index (χ3v) is 3.82. The first-order chi connectivity index (χ1) is 10.5. The van der Waals surface area contributed by atoms with E-state index in [2.05, 4.69) is 5.32 Å². The van der Waals surface area contributed by atoms with Gasteiger partial charge >= 0.3 is 0 Å². The van der Waals surface area contributed by atoms with E-state index < -0.39 is 6.10 Å². The summed E-state index contributed by atoms with van der Waals surface area (Å²) in [6.07, 6.45) is 1.26. The minimum Gasteiger partial charge on any atom is -0.467 e. The molecule has 1 amide bonds. The van der Waals surface area contributed by atoms with Gasteiger partial charge in [0.2, 0.25) is 5.91 Å². The summed E-state index contributed by atoms with van der Waals surface area (Å²) in [4.78, 5) is 12.0. The Bertz CT molecular complexity index is 628. The van der Waals surface area contributed by atoms with Gasteiger partial charge in [0, 0.05) is 22.5 Å². The normalized spacial score (nSPS) is 13.6. The standard InChI is InChI=1S/C16H17Cl2NO3/c1-10(7-14(20)15-3-2-6-22-15)19-16(21)9-11-8-12(17)4-5-13(11)18/h2-6,8,10,14,20H,7,9H2,1H3,(H,19,21). The molecule has 4 nitrogen and oxygen atoms in total. The van der Waals surface area contributed by atoms with E-state index in [1.165, 1.54) is 6.26 Å². The summed E-state index contributed by atoms with van der Waals surface area (Å²) < 4.78 is 5.13. The van der Waals surface area contributed by atoms with E-state index in [-0.39, 0.29) is 18.4 Å². The van der Waals surface area contributed by atoms with Gasteiger partial charge in [0.25, 0.3) is 0 Å². The maximum Gasteiger partial charge on any atom is 0.224 e. The Kier molecular flexibility index (Phi) is 5.89. The van der Waals surface area contributed by atoms with Gasteiger partial charge in [-0.15, -0.1) is 0 Å². The van der Waals surface area contributed by atoms with Gasteiger partial charge in [0.15, 0.2) is 0 Å². The summed E-state index contributed by atoms with van der Waals surface area (Å²) in [6, 6.07) is 8.22. The molecule has 0 aliphatic carbocycles. The maximum atomic E-state index is 12.0. The molecule has 0 saturated carbocycles. The lowest BCUT2D eigenvalue weighted by Gasteiger charge is -2.17. The van der Waals surface area contributed by atoms with Crippen molar-refractivity contribution in [1.82, 2.24) is 5.32 Å². The highest BCUT2D eigenvalue weighted by atomic mass is 35.5. The minimum atomic E-state index is -0.750. The van der Waals surface area contributed by atoms with Gasteiger partial charge in [-0.05, 0) is 42.8 Å². The Balaban J connectivity index is 1.87. The highest BCUT2D eigenvalue weighted by Gasteiger charge is 2.17. The van der Waals surface area contributed by atoms with Gasteiger partial charge in [-0.2, -0.15) is 0 Å². The lowest BCUT2D eigenvalue weighted by molar-refractivity contribution is -0.121. The molecular formula is C16H17Cl2NO3. The second kappa shape index (κ2) is 7.68. The monoisotopic (exact) mass is 341 g/mol. The Morgan fingerprint density at radius 3 is 2.82 bits per heavy atom. The first-order valence-corrected chi connectivity index (χ1v) is 7.66. The van der Waals surface area contributed by atoms with Crippen LogP contribution in [0.4, 0.5) is 0 Å². The zero-order valence-corrected chi connectivity index (χ0v) is 13.6. The smallest absolute Gasteiger partial charge is 0.224 e. The third kappa shape index (κ3) is 4.77. The lowest BCUT2D eigenvalue weighted by Crippen LogP contribution is -2.34. The number of carbonyl (C=O) groups excluding carboxylic acids is 1. The summed E-state index contributed by atoms with van der Waals surface area (Å²) >= 11 is 11.9. The zero-order chi connectivity index (χ0) is 16.1. The van der Waals surface area contributed by atoms with Crippen LogP contribution in [-0.2, 0) is 11.2 Å². The predicted molar refractivity (Wildman–Crippen MR) is 86.1 cm³/mol. The fourth-order valence-electron chi connectivity index (χ4n) is 2.17. The van der Waals surface area contributed by atoms with Crippen LogP contribution < -0.4 is 5.32 Å². The van der Waals surface area contributed by atoms with Crippen molar-refractivity contribution in [1.29, 1.82) is 0 Å². The summed E-state index contributed by atoms with van der Waals surface area (Å²) in [7, 11) is 0. The lowest BCUT2D eigenvalue weighted by atomic mass is 10.1. The second-order valence-corrected chi connectivity index (χ2v) is 5.99. The number of carbonyl (C=O) groups is 1. The summed E-state index contributed by atoms with van der Waals surface area (Å²) in [6.45, 7) is 1.82. The molecule has 0 aliphatic heterocycles. The quantitative estimate of drug-likeness (QED) is 0.840. The van der Waals surface area contributed by atoms with E-state index in [1.54, 1.807) is 30.3 Å². The van der Waals surface area contributed by atoms with Crippen LogP contribution in [0, 0.1) is 0 Å². The summed E-state index contributed by atoms with van der Waals surface area (Å²) in [5, 5.41) is 13.8. The number of aliphatic hydroxyl groups excluding tert-OH is 1. The van der Waals surface area contributed by atoms with Crippen molar-refractivity contribution in [3.05, 3.63) is 58.0 Å². The Morgan fingerprint density at radius 2 is 2.14 bits per heavy atom. The number of nitrogens with one attached hydrogen (secondary N) is 1. The summed E-state index contributed by atoms with van der Waals surface area (Å²) in [5.41, 5.74) is 0.672. The minimum absolute atomic E-state index is 0.139. The molecule has 1 aromatic carbocycles. The van der Waals surface area contributed by atoms with Crippen molar-refractivity contribution in [3.8, 4) is 0 Å². The molecule has 0 bridgehead atoms. The van der Waals surface area contributed by atoms with Crippen molar-refractivity contribution in [2.45, 2.75) is 31.9 Å². The SMILES string of the molecule is CC(CC(O)c1ccco1)NC(=O)Cc1cc(Cl)ccc1Cl. The predicted octanol–water partition coefficient (Wildman–Crippen LogP) is 3.76. The van der Waals surface area contributed by atoms with Crippen LogP contribution >= 0.6 is 23.2 Å². The molecule has 2 N–H and O–H groups in total. The van der Waals surface area contributed by atoms with Crippen molar-refractivity contribution in [3.63, 3.8) is 0 Å². The number of aliphatic hydroxyl groups is 1. The fraction of sp³-hybridized carbons (Fsp3) is 0.312. The number of rotatable bonds is 6. The largest absolute Gasteiger partial charge is 0.467 e. The number of amides is 1. The zero-order valence-electron chi connectivity index (χ0n) is 12.1. The first-order valence-electron chi connectivity index (χ1n) is 6.90. The van der Waals surface area contributed by atoms with Gasteiger partial charge in [0.05, 0.1) is 12.7 Å². The van der Waals surface area contributed by atoms with E-state index >= 15 is 0 Å². The molecule has 2 aromatic rings. The molecule has 0 fully saturated rings. The molecule has 0 radical (unpaired) electrons. The molecule has 22 heavy (non-hydrogen) atoms. The molecule has 0 saturated heterocycles. The highest BCUT2D eigenvalue weighted by molar-refractivity contribution is 6.33. The number of benzene rings is 1. The number of hydrogen-bond acceptors (Lipinski definition) is 3. The van der Waals surface area contributed by atoms with Crippen LogP contribution in [0.1, 0.15) is 30.8 Å². The molecule has 2 unspecified atom stereocenters. The van der Waals surface area contributed by atoms with Gasteiger partial charge in [-0.25, -0.2) is 0 Å². The molecule has 0 aliphatic rings. The average molecular weight is 342 g/mol. The molecule has 1 heterocycles. The number of hydrogen-bond donors (Lipinski definition) is 2. The van der Waals surface area contributed by atoms with Gasteiger partial charge in [-0.1, -0.05) is 23.2 Å². The van der Waals surface area contributed by atoms with Crippen LogP contribution in [-0.4, -0.2) is 17.1 Å². The highest BCUT2D eigenvalue weighted by Crippen LogP contribution is 2.21. The van der Waals surface area contributed by atoms with E-state index in [9.17, 15) is 9.90 Å². The number of halogens is 2. The van der Waals surface area contributed by atoms with E-state index in [1.807, 2.05) is 6.92 Å². The maximum absolute atomic E-state index is 12.0.